The highest BCUT2D eigenvalue weighted by atomic mass is 16.2. The summed E-state index contributed by atoms with van der Waals surface area (Å²) in [7, 11) is 0. The lowest BCUT2D eigenvalue weighted by Gasteiger charge is -2.25. The summed E-state index contributed by atoms with van der Waals surface area (Å²) >= 11 is 0. The number of imide groups is 2. The summed E-state index contributed by atoms with van der Waals surface area (Å²) in [6.45, 7) is 1.49. The van der Waals surface area contributed by atoms with E-state index in [0.717, 1.165) is 10.5 Å². The molecule has 3 rings (SSSR count). The molecule has 0 saturated carbocycles. The molecular formula is C21H22N4O4. The minimum Gasteiger partial charge on any atom is -0.334 e. The maximum atomic E-state index is 13.0. The van der Waals surface area contributed by atoms with Gasteiger partial charge in [-0.1, -0.05) is 67.6 Å². The summed E-state index contributed by atoms with van der Waals surface area (Å²) in [6, 6.07) is 16.7. The van der Waals surface area contributed by atoms with E-state index in [1.54, 1.807) is 31.2 Å². The molecule has 0 unspecified atom stereocenters. The van der Waals surface area contributed by atoms with Crippen molar-refractivity contribution in [1.82, 2.24) is 20.9 Å². The smallest absolute Gasteiger partial charge is 0.325 e. The number of hydrogen-bond acceptors (Lipinski definition) is 4. The maximum absolute atomic E-state index is 13.0. The number of nitrogens with one attached hydrogen (secondary N) is 3. The lowest BCUT2D eigenvalue weighted by atomic mass is 9.87. The van der Waals surface area contributed by atoms with Crippen molar-refractivity contribution in [2.75, 3.05) is 6.54 Å². The van der Waals surface area contributed by atoms with Crippen LogP contribution in [0.2, 0.25) is 0 Å². The fraction of sp³-hybridized carbons (Fsp3) is 0.238. The van der Waals surface area contributed by atoms with Gasteiger partial charge in [-0.3, -0.25) is 19.8 Å². The highest BCUT2D eigenvalue weighted by Gasteiger charge is 2.51. The first-order valence-electron chi connectivity index (χ1n) is 9.27. The van der Waals surface area contributed by atoms with E-state index in [9.17, 15) is 19.2 Å². The molecule has 3 N–H and O–H groups in total. The van der Waals surface area contributed by atoms with Crippen LogP contribution in [0.4, 0.5) is 9.59 Å². The van der Waals surface area contributed by atoms with E-state index in [2.05, 4.69) is 16.0 Å². The van der Waals surface area contributed by atoms with Crippen LogP contribution < -0.4 is 16.0 Å². The molecule has 1 aliphatic heterocycles. The average Bonchev–Trinajstić information content (AvgIpc) is 2.98. The van der Waals surface area contributed by atoms with E-state index in [0.29, 0.717) is 12.0 Å². The zero-order valence-electron chi connectivity index (χ0n) is 16.0. The third-order valence-corrected chi connectivity index (χ3v) is 4.82. The van der Waals surface area contributed by atoms with E-state index in [1.807, 2.05) is 36.4 Å². The normalized spacial score (nSPS) is 18.3. The molecule has 0 aliphatic carbocycles. The Kier molecular flexibility index (Phi) is 5.92. The molecule has 8 nitrogen and oxygen atoms in total. The quantitative estimate of drug-likeness (QED) is 0.650. The number of hydrogen-bond donors (Lipinski definition) is 3. The maximum Gasteiger partial charge on any atom is 0.325 e. The van der Waals surface area contributed by atoms with Crippen LogP contribution in [-0.4, -0.2) is 35.3 Å². The van der Waals surface area contributed by atoms with Gasteiger partial charge in [0, 0.05) is 6.54 Å². The molecule has 0 aromatic heterocycles. The zero-order valence-corrected chi connectivity index (χ0v) is 16.0. The van der Waals surface area contributed by atoms with Crippen molar-refractivity contribution in [3.63, 3.8) is 0 Å². The van der Waals surface area contributed by atoms with Crippen molar-refractivity contribution in [1.29, 1.82) is 0 Å². The number of carbonyl (C=O) groups is 4. The predicted octanol–water partition coefficient (Wildman–Crippen LogP) is 1.87. The first kappa shape index (κ1) is 20.1. The van der Waals surface area contributed by atoms with Gasteiger partial charge in [0.05, 0.1) is 0 Å². The molecule has 2 aromatic rings. The predicted molar refractivity (Wildman–Crippen MR) is 105 cm³/mol. The van der Waals surface area contributed by atoms with Crippen molar-refractivity contribution in [3.05, 3.63) is 71.8 Å². The molecule has 150 valence electrons. The first-order valence-corrected chi connectivity index (χ1v) is 9.27. The Hall–Kier alpha value is -3.68. The Bertz CT molecular complexity index is 917. The van der Waals surface area contributed by atoms with Crippen molar-refractivity contribution < 1.29 is 19.2 Å². The third kappa shape index (κ3) is 4.26. The molecule has 6 amide bonds. The second-order valence-corrected chi connectivity index (χ2v) is 6.66. The van der Waals surface area contributed by atoms with Gasteiger partial charge in [0.1, 0.15) is 12.1 Å². The fourth-order valence-corrected chi connectivity index (χ4v) is 3.26. The Morgan fingerprint density at radius 3 is 2.24 bits per heavy atom. The van der Waals surface area contributed by atoms with Gasteiger partial charge in [-0.15, -0.1) is 0 Å². The Labute approximate surface area is 168 Å². The van der Waals surface area contributed by atoms with Crippen molar-refractivity contribution >= 4 is 23.9 Å². The molecular weight excluding hydrogens is 372 g/mol. The van der Waals surface area contributed by atoms with Gasteiger partial charge in [-0.25, -0.2) is 9.59 Å². The van der Waals surface area contributed by atoms with Gasteiger partial charge >= 0.3 is 12.1 Å². The lowest BCUT2D eigenvalue weighted by Crippen LogP contribution is -2.47. The second-order valence-electron chi connectivity index (χ2n) is 6.66. The summed E-state index contributed by atoms with van der Waals surface area (Å²) in [6.07, 6.45) is 0.331. The molecule has 0 spiro atoms. The van der Waals surface area contributed by atoms with Crippen LogP contribution in [0.25, 0.3) is 0 Å². The Balaban J connectivity index is 1.61. The van der Waals surface area contributed by atoms with E-state index >= 15 is 0 Å². The lowest BCUT2D eigenvalue weighted by molar-refractivity contribution is -0.135. The van der Waals surface area contributed by atoms with Gasteiger partial charge in [0.2, 0.25) is 5.91 Å². The van der Waals surface area contributed by atoms with Gasteiger partial charge < -0.3 is 10.6 Å². The number of urea groups is 2. The van der Waals surface area contributed by atoms with Crippen molar-refractivity contribution in [3.8, 4) is 0 Å². The highest BCUT2D eigenvalue weighted by Crippen LogP contribution is 2.32. The standard InChI is InChI=1S/C21H22N4O4/c1-2-21(16-11-7-4-8-12-16)18(27)25(20(29)24-21)14-17(26)23-19(28)22-13-15-9-5-3-6-10-15/h3-12H,2,13-14H2,1H3,(H,24,29)(H2,22,23,26,28)/t21-/m1/s1. The first-order chi connectivity index (χ1) is 14.0. The number of rotatable bonds is 6. The van der Waals surface area contributed by atoms with E-state index in [-0.39, 0.29) is 6.54 Å². The van der Waals surface area contributed by atoms with Crippen LogP contribution in [0, 0.1) is 0 Å². The highest BCUT2D eigenvalue weighted by molar-refractivity contribution is 6.10. The SMILES string of the molecule is CC[C@]1(c2ccccc2)NC(=O)N(CC(=O)NC(=O)NCc2ccccc2)C1=O. The van der Waals surface area contributed by atoms with Crippen LogP contribution >= 0.6 is 0 Å². The van der Waals surface area contributed by atoms with Crippen LogP contribution in [0.3, 0.4) is 0 Å². The molecule has 29 heavy (non-hydrogen) atoms. The molecule has 8 heteroatoms. The van der Waals surface area contributed by atoms with Gasteiger partial charge in [-0.05, 0) is 17.5 Å². The monoisotopic (exact) mass is 394 g/mol. The van der Waals surface area contributed by atoms with E-state index in [4.69, 9.17) is 0 Å². The molecule has 1 saturated heterocycles. The van der Waals surface area contributed by atoms with Crippen LogP contribution in [0.5, 0.6) is 0 Å². The van der Waals surface area contributed by atoms with Gasteiger partial charge in [0.25, 0.3) is 5.91 Å². The fourth-order valence-electron chi connectivity index (χ4n) is 3.26. The van der Waals surface area contributed by atoms with Crippen molar-refractivity contribution in [2.24, 2.45) is 0 Å². The largest absolute Gasteiger partial charge is 0.334 e. The number of nitrogens with zero attached hydrogens (tertiary/aromatic N) is 1. The third-order valence-electron chi connectivity index (χ3n) is 4.82. The summed E-state index contributed by atoms with van der Waals surface area (Å²) in [4.78, 5) is 50.3. The molecule has 1 fully saturated rings. The summed E-state index contributed by atoms with van der Waals surface area (Å²) in [5.74, 6) is -1.27. The van der Waals surface area contributed by atoms with Gasteiger partial charge in [-0.2, -0.15) is 0 Å². The van der Waals surface area contributed by atoms with E-state index in [1.165, 1.54) is 0 Å². The number of carbonyl (C=O) groups excluding carboxylic acids is 4. The van der Waals surface area contributed by atoms with E-state index < -0.39 is 36.0 Å². The van der Waals surface area contributed by atoms with Gasteiger partial charge in [0.15, 0.2) is 0 Å². The molecule has 1 atom stereocenters. The minimum atomic E-state index is -1.21. The van der Waals surface area contributed by atoms with Crippen LogP contribution in [0.1, 0.15) is 24.5 Å². The molecule has 0 bridgehead atoms. The van der Waals surface area contributed by atoms with Crippen LogP contribution in [-0.2, 0) is 21.7 Å². The molecule has 0 radical (unpaired) electrons. The summed E-state index contributed by atoms with van der Waals surface area (Å²) in [5.41, 5.74) is 0.304. The minimum absolute atomic E-state index is 0.246. The summed E-state index contributed by atoms with van der Waals surface area (Å²) in [5, 5.41) is 7.39. The topological polar surface area (TPSA) is 108 Å². The Morgan fingerprint density at radius 1 is 1.00 bits per heavy atom. The molecule has 2 aromatic carbocycles. The average molecular weight is 394 g/mol. The zero-order chi connectivity index (χ0) is 20.9. The molecule has 1 aliphatic rings. The van der Waals surface area contributed by atoms with Crippen molar-refractivity contribution in [2.45, 2.75) is 25.4 Å². The second kappa shape index (κ2) is 8.55. The van der Waals surface area contributed by atoms with Crippen LogP contribution in [0.15, 0.2) is 60.7 Å². The number of amides is 6. The summed E-state index contributed by atoms with van der Waals surface area (Å²) < 4.78 is 0. The Morgan fingerprint density at radius 2 is 1.62 bits per heavy atom. The molecule has 1 heterocycles. The number of benzene rings is 2.